The molecule has 1 unspecified atom stereocenters. The van der Waals surface area contributed by atoms with Crippen LogP contribution in [0.4, 0.5) is 0 Å². The molecule has 5 atom stereocenters. The Morgan fingerprint density at radius 3 is 2.65 bits per heavy atom. The van der Waals surface area contributed by atoms with Crippen molar-refractivity contribution < 1.29 is 39.1 Å². The molecule has 1 fully saturated rings. The van der Waals surface area contributed by atoms with E-state index < -0.39 is 49.0 Å². The summed E-state index contributed by atoms with van der Waals surface area (Å²) in [6, 6.07) is 6.07. The van der Waals surface area contributed by atoms with Crippen molar-refractivity contribution >= 4 is 18.1 Å². The first-order chi connectivity index (χ1) is 12.4. The SMILES string of the molecule is COC(=O)c1cccc(O[C@@H]2O[C@H](CO)[C@H](O)[C@H](O)C2C=NC(C)=O)c1. The predicted octanol–water partition coefficient (Wildman–Crippen LogP) is -0.476. The second-order valence-corrected chi connectivity index (χ2v) is 5.72. The summed E-state index contributed by atoms with van der Waals surface area (Å²) in [6.45, 7) is 0.687. The van der Waals surface area contributed by atoms with Crippen molar-refractivity contribution in [2.75, 3.05) is 13.7 Å². The zero-order valence-electron chi connectivity index (χ0n) is 14.3. The molecule has 2 rings (SSSR count). The number of hydrogen-bond acceptors (Lipinski definition) is 8. The van der Waals surface area contributed by atoms with Gasteiger partial charge in [-0.25, -0.2) is 9.79 Å². The molecular weight excluding hydrogens is 346 g/mol. The van der Waals surface area contributed by atoms with Gasteiger partial charge in [0.2, 0.25) is 12.2 Å². The van der Waals surface area contributed by atoms with Gasteiger partial charge >= 0.3 is 5.97 Å². The molecule has 0 radical (unpaired) electrons. The van der Waals surface area contributed by atoms with Gasteiger partial charge in [-0.15, -0.1) is 0 Å². The Balaban J connectivity index is 2.27. The van der Waals surface area contributed by atoms with Crippen LogP contribution in [-0.4, -0.2) is 71.7 Å². The van der Waals surface area contributed by atoms with Crippen molar-refractivity contribution in [1.29, 1.82) is 0 Å². The second kappa shape index (κ2) is 8.86. The van der Waals surface area contributed by atoms with Crippen LogP contribution in [0.5, 0.6) is 5.75 Å². The van der Waals surface area contributed by atoms with Crippen LogP contribution in [0, 0.1) is 5.92 Å². The van der Waals surface area contributed by atoms with Gasteiger partial charge in [0, 0.05) is 13.1 Å². The molecule has 1 aliphatic rings. The van der Waals surface area contributed by atoms with Crippen LogP contribution in [0.15, 0.2) is 29.3 Å². The summed E-state index contributed by atoms with van der Waals surface area (Å²) in [7, 11) is 1.25. The number of aliphatic hydroxyl groups is 3. The maximum atomic E-state index is 11.6. The Morgan fingerprint density at radius 2 is 2.04 bits per heavy atom. The molecule has 0 aromatic heterocycles. The van der Waals surface area contributed by atoms with E-state index in [1.54, 1.807) is 12.1 Å². The van der Waals surface area contributed by atoms with Crippen LogP contribution in [0.3, 0.4) is 0 Å². The van der Waals surface area contributed by atoms with E-state index in [0.717, 1.165) is 6.21 Å². The lowest BCUT2D eigenvalue weighted by molar-refractivity contribution is -0.245. The van der Waals surface area contributed by atoms with E-state index in [-0.39, 0.29) is 11.3 Å². The monoisotopic (exact) mass is 367 g/mol. The number of aliphatic imine (C=N–C) groups is 1. The standard InChI is InChI=1S/C17H21NO8/c1-9(20)18-7-12-14(21)15(22)13(8-19)26-17(12)25-11-5-3-4-10(6-11)16(23)24-2/h3-7,12-15,17,19,21-22H,8H2,1-2H3/t12?,13-,14-,15+,17-/m1/s1. The third-order valence-electron chi connectivity index (χ3n) is 3.86. The Kier molecular flexibility index (Phi) is 6.81. The summed E-state index contributed by atoms with van der Waals surface area (Å²) in [5.74, 6) is -1.79. The fourth-order valence-corrected chi connectivity index (χ4v) is 2.51. The number of methoxy groups -OCH3 is 1. The third-order valence-corrected chi connectivity index (χ3v) is 3.86. The summed E-state index contributed by atoms with van der Waals surface area (Å²) in [4.78, 5) is 26.3. The Bertz CT molecular complexity index is 676. The van der Waals surface area contributed by atoms with E-state index >= 15 is 0 Å². The van der Waals surface area contributed by atoms with E-state index in [1.807, 2.05) is 0 Å². The van der Waals surface area contributed by atoms with Gasteiger partial charge < -0.3 is 29.5 Å². The Labute approximate surface area is 149 Å². The Morgan fingerprint density at radius 1 is 1.31 bits per heavy atom. The molecule has 0 bridgehead atoms. The number of nitrogens with zero attached hydrogens (tertiary/aromatic N) is 1. The van der Waals surface area contributed by atoms with Gasteiger partial charge in [-0.1, -0.05) is 6.07 Å². The van der Waals surface area contributed by atoms with Crippen molar-refractivity contribution in [2.24, 2.45) is 10.9 Å². The maximum Gasteiger partial charge on any atom is 0.337 e. The zero-order chi connectivity index (χ0) is 19.3. The summed E-state index contributed by atoms with van der Waals surface area (Å²) in [6.07, 6.45) is -3.86. The molecule has 1 amide bonds. The van der Waals surface area contributed by atoms with Crippen LogP contribution >= 0.6 is 0 Å². The van der Waals surface area contributed by atoms with E-state index in [0.29, 0.717) is 0 Å². The quantitative estimate of drug-likeness (QED) is 0.469. The van der Waals surface area contributed by atoms with E-state index in [9.17, 15) is 24.9 Å². The van der Waals surface area contributed by atoms with E-state index in [4.69, 9.17) is 9.47 Å². The van der Waals surface area contributed by atoms with Gasteiger partial charge in [-0.3, -0.25) is 4.79 Å². The van der Waals surface area contributed by atoms with Crippen molar-refractivity contribution in [3.8, 4) is 5.75 Å². The number of ether oxygens (including phenoxy) is 3. The fourth-order valence-electron chi connectivity index (χ4n) is 2.51. The number of carbonyl (C=O) groups excluding carboxylic acids is 2. The molecule has 9 nitrogen and oxygen atoms in total. The highest BCUT2D eigenvalue weighted by Gasteiger charge is 2.45. The lowest BCUT2D eigenvalue weighted by Crippen LogP contribution is -2.57. The van der Waals surface area contributed by atoms with Crippen LogP contribution in [0.25, 0.3) is 0 Å². The largest absolute Gasteiger partial charge is 0.465 e. The molecule has 1 aromatic carbocycles. The number of rotatable bonds is 5. The van der Waals surface area contributed by atoms with E-state index in [2.05, 4.69) is 9.73 Å². The number of amides is 1. The van der Waals surface area contributed by atoms with Crippen molar-refractivity contribution in [3.63, 3.8) is 0 Å². The molecule has 26 heavy (non-hydrogen) atoms. The molecule has 3 N–H and O–H groups in total. The van der Waals surface area contributed by atoms with Gasteiger partial charge in [-0.05, 0) is 18.2 Å². The van der Waals surface area contributed by atoms with Crippen molar-refractivity contribution in [3.05, 3.63) is 29.8 Å². The highest BCUT2D eigenvalue weighted by atomic mass is 16.7. The average molecular weight is 367 g/mol. The zero-order valence-corrected chi connectivity index (χ0v) is 14.3. The van der Waals surface area contributed by atoms with Crippen molar-refractivity contribution in [1.82, 2.24) is 0 Å². The summed E-state index contributed by atoms with van der Waals surface area (Å²) >= 11 is 0. The lowest BCUT2D eigenvalue weighted by atomic mass is 9.91. The molecule has 1 aliphatic heterocycles. The molecule has 9 heteroatoms. The van der Waals surface area contributed by atoms with Crippen LogP contribution in [0.2, 0.25) is 0 Å². The number of benzene rings is 1. The first kappa shape index (κ1) is 20.0. The number of hydrogen-bond donors (Lipinski definition) is 3. The molecule has 1 heterocycles. The van der Waals surface area contributed by atoms with Gasteiger partial charge in [0.1, 0.15) is 18.0 Å². The summed E-state index contributed by atoms with van der Waals surface area (Å²) < 4.78 is 15.8. The molecule has 1 saturated heterocycles. The predicted molar refractivity (Wildman–Crippen MR) is 88.8 cm³/mol. The smallest absolute Gasteiger partial charge is 0.337 e. The fraction of sp³-hybridized carbons (Fsp3) is 0.471. The number of esters is 1. The second-order valence-electron chi connectivity index (χ2n) is 5.72. The van der Waals surface area contributed by atoms with Gasteiger partial charge in [0.05, 0.1) is 31.3 Å². The topological polar surface area (TPSA) is 135 Å². The molecule has 142 valence electrons. The van der Waals surface area contributed by atoms with Crippen LogP contribution < -0.4 is 4.74 Å². The number of carbonyl (C=O) groups is 2. The minimum Gasteiger partial charge on any atom is -0.465 e. The van der Waals surface area contributed by atoms with Crippen LogP contribution in [-0.2, 0) is 14.3 Å². The molecule has 1 aromatic rings. The molecule has 0 saturated carbocycles. The number of aliphatic hydroxyl groups excluding tert-OH is 3. The highest BCUT2D eigenvalue weighted by Crippen LogP contribution is 2.28. The van der Waals surface area contributed by atoms with Gasteiger partial charge in [0.15, 0.2) is 0 Å². The average Bonchev–Trinajstić information content (AvgIpc) is 2.63. The normalized spacial score (nSPS) is 28.7. The third kappa shape index (κ3) is 4.64. The van der Waals surface area contributed by atoms with Crippen molar-refractivity contribution in [2.45, 2.75) is 31.5 Å². The Hall–Kier alpha value is -2.33. The maximum absolute atomic E-state index is 11.6. The summed E-state index contributed by atoms with van der Waals surface area (Å²) in [5.41, 5.74) is 0.244. The van der Waals surface area contributed by atoms with E-state index in [1.165, 1.54) is 26.2 Å². The molecule has 0 spiro atoms. The van der Waals surface area contributed by atoms with Crippen LogP contribution in [0.1, 0.15) is 17.3 Å². The molecular formula is C17H21NO8. The first-order valence-electron chi connectivity index (χ1n) is 7.89. The molecule has 0 aliphatic carbocycles. The minimum absolute atomic E-state index is 0.236. The minimum atomic E-state index is -1.38. The van der Waals surface area contributed by atoms with Gasteiger partial charge in [0.25, 0.3) is 0 Å². The van der Waals surface area contributed by atoms with Gasteiger partial charge in [-0.2, -0.15) is 0 Å². The first-order valence-corrected chi connectivity index (χ1v) is 7.89. The lowest BCUT2D eigenvalue weighted by Gasteiger charge is -2.40. The highest BCUT2D eigenvalue weighted by molar-refractivity contribution is 5.89. The summed E-state index contributed by atoms with van der Waals surface area (Å²) in [5, 5.41) is 29.6.